The van der Waals surface area contributed by atoms with Crippen molar-refractivity contribution in [3.05, 3.63) is 65.7 Å². The molecule has 0 radical (unpaired) electrons. The minimum absolute atomic E-state index is 0.0363. The summed E-state index contributed by atoms with van der Waals surface area (Å²) >= 11 is 0. The molecule has 2 aromatic rings. The van der Waals surface area contributed by atoms with Crippen molar-refractivity contribution in [2.75, 3.05) is 33.8 Å². The van der Waals surface area contributed by atoms with Crippen LogP contribution in [0.15, 0.2) is 54.6 Å². The van der Waals surface area contributed by atoms with Crippen molar-refractivity contribution in [1.82, 2.24) is 9.80 Å². The number of fused-ring (bicyclic) bond motifs is 1. The first-order valence-electron chi connectivity index (χ1n) is 13.3. The SMILES string of the molecule is COC1CC(N(C)C(=O)c2ccccc2)CC2(c3cccc(OC(C)=O)c3)CCN(CC3CC3)CC12. The normalized spacial score (nSPS) is 28.2. The first kappa shape index (κ1) is 25.0. The van der Waals surface area contributed by atoms with Gasteiger partial charge in [-0.25, -0.2) is 0 Å². The molecule has 2 saturated carbocycles. The van der Waals surface area contributed by atoms with E-state index < -0.39 is 0 Å². The molecular formula is C30H38N2O4. The highest BCUT2D eigenvalue weighted by Gasteiger charge is 2.54. The van der Waals surface area contributed by atoms with Gasteiger partial charge in [-0.1, -0.05) is 30.3 Å². The van der Waals surface area contributed by atoms with Crippen molar-refractivity contribution < 1.29 is 19.1 Å². The molecule has 0 spiro atoms. The summed E-state index contributed by atoms with van der Waals surface area (Å²) in [6.07, 6.45) is 5.41. The van der Waals surface area contributed by atoms with Crippen LogP contribution in [0.4, 0.5) is 0 Å². The summed E-state index contributed by atoms with van der Waals surface area (Å²) in [6, 6.07) is 17.6. The second kappa shape index (κ2) is 10.3. The lowest BCUT2D eigenvalue weighted by molar-refractivity contribution is -0.131. The summed E-state index contributed by atoms with van der Waals surface area (Å²) in [5.74, 6) is 1.46. The number of hydrogen-bond donors (Lipinski definition) is 0. The van der Waals surface area contributed by atoms with Crippen LogP contribution in [0.25, 0.3) is 0 Å². The van der Waals surface area contributed by atoms with E-state index in [0.29, 0.717) is 17.2 Å². The van der Waals surface area contributed by atoms with Crippen molar-refractivity contribution in [2.24, 2.45) is 11.8 Å². The number of likely N-dealkylation sites (tertiary alicyclic amines) is 1. The number of ether oxygens (including phenoxy) is 2. The van der Waals surface area contributed by atoms with E-state index in [1.807, 2.05) is 67.6 Å². The topological polar surface area (TPSA) is 59.1 Å². The summed E-state index contributed by atoms with van der Waals surface area (Å²) in [4.78, 5) is 29.7. The average Bonchev–Trinajstić information content (AvgIpc) is 3.71. The van der Waals surface area contributed by atoms with Crippen LogP contribution >= 0.6 is 0 Å². The lowest BCUT2D eigenvalue weighted by atomic mass is 9.56. The van der Waals surface area contributed by atoms with Crippen molar-refractivity contribution in [3.8, 4) is 5.75 Å². The average molecular weight is 491 g/mol. The highest BCUT2D eigenvalue weighted by atomic mass is 16.5. The molecule has 2 aliphatic carbocycles. The van der Waals surface area contributed by atoms with E-state index in [-0.39, 0.29) is 29.4 Å². The summed E-state index contributed by atoms with van der Waals surface area (Å²) < 4.78 is 11.7. The molecule has 1 aliphatic heterocycles. The summed E-state index contributed by atoms with van der Waals surface area (Å²) in [5.41, 5.74) is 1.73. The maximum Gasteiger partial charge on any atom is 0.308 e. The number of nitrogens with zero attached hydrogens (tertiary/aromatic N) is 2. The first-order chi connectivity index (χ1) is 17.4. The summed E-state index contributed by atoms with van der Waals surface area (Å²) in [6.45, 7) is 4.64. The van der Waals surface area contributed by atoms with Gasteiger partial charge in [0.1, 0.15) is 5.75 Å². The number of esters is 1. The second-order valence-electron chi connectivity index (χ2n) is 11.0. The maximum atomic E-state index is 13.4. The van der Waals surface area contributed by atoms with E-state index >= 15 is 0 Å². The molecule has 36 heavy (non-hydrogen) atoms. The Morgan fingerprint density at radius 3 is 2.58 bits per heavy atom. The number of hydrogen-bond acceptors (Lipinski definition) is 5. The van der Waals surface area contributed by atoms with Crippen LogP contribution in [0.5, 0.6) is 5.75 Å². The Labute approximate surface area is 214 Å². The molecule has 4 atom stereocenters. The number of benzene rings is 2. The van der Waals surface area contributed by atoms with E-state index in [0.717, 1.165) is 38.3 Å². The Bertz CT molecular complexity index is 1090. The zero-order valence-electron chi connectivity index (χ0n) is 21.7. The number of rotatable bonds is 7. The van der Waals surface area contributed by atoms with Crippen LogP contribution in [-0.2, 0) is 14.9 Å². The molecule has 3 fully saturated rings. The molecule has 0 bridgehead atoms. The van der Waals surface area contributed by atoms with Crippen LogP contribution < -0.4 is 4.74 Å². The molecular weight excluding hydrogens is 452 g/mol. The number of methoxy groups -OCH3 is 1. The molecule has 1 heterocycles. The molecule has 3 aliphatic rings. The van der Waals surface area contributed by atoms with Gasteiger partial charge in [-0.05, 0) is 74.4 Å². The minimum atomic E-state index is -0.315. The van der Waals surface area contributed by atoms with Gasteiger partial charge < -0.3 is 19.3 Å². The number of carbonyl (C=O) groups excluding carboxylic acids is 2. The van der Waals surface area contributed by atoms with Crippen molar-refractivity contribution >= 4 is 11.9 Å². The Morgan fingerprint density at radius 1 is 1.11 bits per heavy atom. The lowest BCUT2D eigenvalue weighted by Gasteiger charge is -2.56. The highest BCUT2D eigenvalue weighted by molar-refractivity contribution is 5.94. The van der Waals surface area contributed by atoms with Crippen LogP contribution in [0.2, 0.25) is 0 Å². The maximum absolute atomic E-state index is 13.4. The van der Waals surface area contributed by atoms with Gasteiger partial charge in [-0.2, -0.15) is 0 Å². The standard InChI is InChI=1S/C30H38N2O4/c1-21(33)36-26-11-7-10-24(16-26)30-14-15-32(19-22-12-13-22)20-27(30)28(35-3)17-25(18-30)31(2)29(34)23-8-5-4-6-9-23/h4-11,16,22,25,27-28H,12-15,17-20H2,1-3H3. The molecule has 6 heteroatoms. The van der Waals surface area contributed by atoms with Gasteiger partial charge in [0.05, 0.1) is 6.10 Å². The summed E-state index contributed by atoms with van der Waals surface area (Å²) in [5, 5.41) is 0. The van der Waals surface area contributed by atoms with E-state index in [1.54, 1.807) is 0 Å². The molecule has 0 N–H and O–H groups in total. The first-order valence-corrected chi connectivity index (χ1v) is 13.3. The fourth-order valence-corrected chi connectivity index (χ4v) is 6.60. The van der Waals surface area contributed by atoms with E-state index in [9.17, 15) is 9.59 Å². The quantitative estimate of drug-likeness (QED) is 0.422. The smallest absolute Gasteiger partial charge is 0.308 e. The monoisotopic (exact) mass is 490 g/mol. The molecule has 2 aromatic carbocycles. The van der Waals surface area contributed by atoms with E-state index in [2.05, 4.69) is 11.0 Å². The van der Waals surface area contributed by atoms with Gasteiger partial charge in [-0.3, -0.25) is 9.59 Å². The molecule has 6 nitrogen and oxygen atoms in total. The van der Waals surface area contributed by atoms with Gasteiger partial charge in [0, 0.05) is 57.1 Å². The van der Waals surface area contributed by atoms with E-state index in [4.69, 9.17) is 9.47 Å². The van der Waals surface area contributed by atoms with Crippen molar-refractivity contribution in [3.63, 3.8) is 0 Å². The highest BCUT2D eigenvalue weighted by Crippen LogP contribution is 2.51. The van der Waals surface area contributed by atoms with Gasteiger partial charge in [-0.15, -0.1) is 0 Å². The number of amides is 1. The Hall–Kier alpha value is -2.70. The fourth-order valence-electron chi connectivity index (χ4n) is 6.60. The third-order valence-corrected chi connectivity index (χ3v) is 8.67. The Balaban J connectivity index is 1.49. The molecule has 192 valence electrons. The van der Waals surface area contributed by atoms with Gasteiger partial charge in [0.25, 0.3) is 5.91 Å². The predicted octanol–water partition coefficient (Wildman–Crippen LogP) is 4.53. The molecule has 1 saturated heterocycles. The van der Waals surface area contributed by atoms with E-state index in [1.165, 1.54) is 31.9 Å². The van der Waals surface area contributed by atoms with Crippen molar-refractivity contribution in [2.45, 2.75) is 56.6 Å². The third kappa shape index (κ3) is 5.07. The third-order valence-electron chi connectivity index (χ3n) is 8.67. The largest absolute Gasteiger partial charge is 0.427 e. The second-order valence-corrected chi connectivity index (χ2v) is 11.0. The Morgan fingerprint density at radius 2 is 1.89 bits per heavy atom. The van der Waals surface area contributed by atoms with Crippen molar-refractivity contribution in [1.29, 1.82) is 0 Å². The van der Waals surface area contributed by atoms with Gasteiger partial charge in [0.2, 0.25) is 0 Å². The van der Waals surface area contributed by atoms with Crippen LogP contribution in [0, 0.1) is 11.8 Å². The van der Waals surface area contributed by atoms with Crippen LogP contribution in [0.1, 0.15) is 54.9 Å². The predicted molar refractivity (Wildman–Crippen MR) is 139 cm³/mol. The van der Waals surface area contributed by atoms with Crippen LogP contribution in [0.3, 0.4) is 0 Å². The Kier molecular flexibility index (Phi) is 7.18. The molecule has 0 aromatic heterocycles. The van der Waals surface area contributed by atoms with Gasteiger partial charge in [0.15, 0.2) is 0 Å². The molecule has 1 amide bonds. The van der Waals surface area contributed by atoms with Gasteiger partial charge >= 0.3 is 5.97 Å². The number of carbonyl (C=O) groups is 2. The van der Waals surface area contributed by atoms with Crippen LogP contribution in [-0.4, -0.2) is 67.6 Å². The zero-order chi connectivity index (χ0) is 25.3. The molecule has 4 unspecified atom stereocenters. The molecule has 5 rings (SSSR count). The summed E-state index contributed by atoms with van der Waals surface area (Å²) in [7, 11) is 3.74. The lowest BCUT2D eigenvalue weighted by Crippen LogP contribution is -2.61. The minimum Gasteiger partial charge on any atom is -0.427 e. The fraction of sp³-hybridized carbons (Fsp3) is 0.533. The number of piperidine rings is 1. The zero-order valence-corrected chi connectivity index (χ0v) is 21.7.